The van der Waals surface area contributed by atoms with Crippen LogP contribution in [0.15, 0.2) is 89.7 Å². The van der Waals surface area contributed by atoms with Gasteiger partial charge in [0.05, 0.1) is 23.5 Å². The Bertz CT molecular complexity index is 1350. The molecule has 0 aliphatic carbocycles. The Morgan fingerprint density at radius 2 is 1.53 bits per heavy atom. The number of nitrogens with one attached hydrogen (secondary N) is 1. The Labute approximate surface area is 197 Å². The molecule has 7 nitrogen and oxygen atoms in total. The monoisotopic (exact) mass is 455 g/mol. The van der Waals surface area contributed by atoms with Crippen LogP contribution in [0.2, 0.25) is 0 Å². The van der Waals surface area contributed by atoms with Gasteiger partial charge in [-0.05, 0) is 23.6 Å². The molecule has 0 aliphatic heterocycles. The van der Waals surface area contributed by atoms with Gasteiger partial charge in [0, 0.05) is 12.4 Å². The fourth-order valence-corrected chi connectivity index (χ4v) is 3.86. The van der Waals surface area contributed by atoms with E-state index >= 15 is 0 Å². The normalized spacial score (nSPS) is 11.7. The van der Waals surface area contributed by atoms with Crippen molar-refractivity contribution in [1.82, 2.24) is 15.1 Å². The van der Waals surface area contributed by atoms with Crippen molar-refractivity contribution >= 4 is 22.6 Å². The molecule has 4 aromatic rings. The van der Waals surface area contributed by atoms with E-state index in [4.69, 9.17) is 4.74 Å². The van der Waals surface area contributed by atoms with Crippen LogP contribution in [0.25, 0.3) is 10.8 Å². The highest BCUT2D eigenvalue weighted by Crippen LogP contribution is 2.18. The third-order valence-electron chi connectivity index (χ3n) is 5.53. The Balaban J connectivity index is 1.40. The number of nitrogens with zero attached hydrogens (tertiary/aromatic N) is 2. The zero-order valence-electron chi connectivity index (χ0n) is 18.8. The summed E-state index contributed by atoms with van der Waals surface area (Å²) in [6.07, 6.45) is 0.465. The van der Waals surface area contributed by atoms with Crippen molar-refractivity contribution in [2.24, 2.45) is 7.05 Å². The molecule has 7 heteroatoms. The smallest absolute Gasteiger partial charge is 0.312 e. The van der Waals surface area contributed by atoms with Crippen LogP contribution in [0.5, 0.6) is 0 Å². The minimum Gasteiger partial charge on any atom is -0.455 e. The molecule has 1 amide bonds. The van der Waals surface area contributed by atoms with Crippen molar-refractivity contribution in [1.29, 1.82) is 0 Å². The Hall–Kier alpha value is -4.26. The summed E-state index contributed by atoms with van der Waals surface area (Å²) >= 11 is 0. The summed E-state index contributed by atoms with van der Waals surface area (Å²) in [5.74, 6) is -0.984. The number of carbonyl (C=O) groups excluding carboxylic acids is 2. The number of amides is 1. The first kappa shape index (κ1) is 22.9. The zero-order valence-corrected chi connectivity index (χ0v) is 18.8. The number of esters is 1. The van der Waals surface area contributed by atoms with Crippen LogP contribution in [0.4, 0.5) is 0 Å². The number of rotatable bonds is 8. The van der Waals surface area contributed by atoms with Crippen molar-refractivity contribution in [3.63, 3.8) is 0 Å². The molecule has 4 rings (SSSR count). The second-order valence-electron chi connectivity index (χ2n) is 7.98. The van der Waals surface area contributed by atoms with Crippen LogP contribution in [-0.2, 0) is 34.2 Å². The molecule has 1 atom stereocenters. The molecule has 0 saturated heterocycles. The first-order chi connectivity index (χ1) is 16.5. The molecule has 0 saturated carbocycles. The van der Waals surface area contributed by atoms with E-state index in [1.807, 2.05) is 60.7 Å². The number of hydrogen-bond acceptors (Lipinski definition) is 5. The maximum atomic E-state index is 12.6. The third-order valence-corrected chi connectivity index (χ3v) is 5.53. The van der Waals surface area contributed by atoms with Gasteiger partial charge in [-0.1, -0.05) is 78.9 Å². The first-order valence-corrected chi connectivity index (χ1v) is 11.0. The molecule has 1 unspecified atom stereocenters. The van der Waals surface area contributed by atoms with E-state index in [1.54, 1.807) is 24.3 Å². The fourth-order valence-electron chi connectivity index (χ4n) is 3.86. The summed E-state index contributed by atoms with van der Waals surface area (Å²) in [7, 11) is 1.54. The highest BCUT2D eigenvalue weighted by molar-refractivity contribution is 5.87. The summed E-state index contributed by atoms with van der Waals surface area (Å²) in [6.45, 7) is -0.402. The van der Waals surface area contributed by atoms with Crippen LogP contribution in [-0.4, -0.2) is 28.3 Å². The number of hydrogen-bond donors (Lipinski definition) is 1. The topological polar surface area (TPSA) is 90.3 Å². The summed E-state index contributed by atoms with van der Waals surface area (Å²) in [5, 5.41) is 8.25. The highest BCUT2D eigenvalue weighted by atomic mass is 16.5. The SMILES string of the molecule is Cn1nc(CC(=O)OCC(=O)NC(Cc2ccccc2)c2ccccc2)c2ccccc2c1=O. The molecule has 0 bridgehead atoms. The van der Waals surface area contributed by atoms with Crippen LogP contribution < -0.4 is 10.9 Å². The van der Waals surface area contributed by atoms with E-state index in [0.29, 0.717) is 22.9 Å². The molecular weight excluding hydrogens is 430 g/mol. The molecule has 34 heavy (non-hydrogen) atoms. The van der Waals surface area contributed by atoms with Gasteiger partial charge in [-0.2, -0.15) is 5.10 Å². The molecule has 1 aromatic heterocycles. The number of carbonyl (C=O) groups is 2. The average Bonchev–Trinajstić information content (AvgIpc) is 2.87. The van der Waals surface area contributed by atoms with E-state index < -0.39 is 18.5 Å². The van der Waals surface area contributed by atoms with Crippen molar-refractivity contribution < 1.29 is 14.3 Å². The summed E-state index contributed by atoms with van der Waals surface area (Å²) in [5.41, 5.74) is 2.24. The maximum absolute atomic E-state index is 12.6. The van der Waals surface area contributed by atoms with Gasteiger partial charge in [-0.3, -0.25) is 14.4 Å². The molecule has 172 valence electrons. The van der Waals surface area contributed by atoms with Crippen molar-refractivity contribution in [2.45, 2.75) is 18.9 Å². The third kappa shape index (κ3) is 5.56. The Morgan fingerprint density at radius 3 is 2.24 bits per heavy atom. The van der Waals surface area contributed by atoms with Crippen LogP contribution in [0, 0.1) is 0 Å². The Kier molecular flexibility index (Phi) is 7.13. The lowest BCUT2D eigenvalue weighted by Crippen LogP contribution is -2.34. The quantitative estimate of drug-likeness (QED) is 0.412. The van der Waals surface area contributed by atoms with E-state index in [2.05, 4.69) is 10.4 Å². The average molecular weight is 456 g/mol. The molecule has 1 heterocycles. The molecule has 3 aromatic carbocycles. The van der Waals surface area contributed by atoms with Crippen LogP contribution >= 0.6 is 0 Å². The van der Waals surface area contributed by atoms with Gasteiger partial charge in [-0.25, -0.2) is 4.68 Å². The van der Waals surface area contributed by atoms with Gasteiger partial charge in [-0.15, -0.1) is 0 Å². The highest BCUT2D eigenvalue weighted by Gasteiger charge is 2.18. The van der Waals surface area contributed by atoms with E-state index in [-0.39, 0.29) is 18.0 Å². The van der Waals surface area contributed by atoms with Gasteiger partial charge in [0.2, 0.25) is 0 Å². The zero-order chi connectivity index (χ0) is 23.9. The second kappa shape index (κ2) is 10.6. The lowest BCUT2D eigenvalue weighted by Gasteiger charge is -2.19. The standard InChI is InChI=1S/C27H25N3O4/c1-30-27(33)22-15-9-8-14-21(22)24(29-30)17-26(32)34-18-25(31)28-23(20-12-6-3-7-13-20)16-19-10-4-2-5-11-19/h2-15,23H,16-18H2,1H3,(H,28,31). The van der Waals surface area contributed by atoms with Crippen LogP contribution in [0.1, 0.15) is 22.9 Å². The molecule has 0 spiro atoms. The molecule has 0 radical (unpaired) electrons. The van der Waals surface area contributed by atoms with Gasteiger partial charge in [0.25, 0.3) is 11.5 Å². The van der Waals surface area contributed by atoms with Gasteiger partial charge in [0.1, 0.15) is 0 Å². The Morgan fingerprint density at radius 1 is 0.912 bits per heavy atom. The summed E-state index contributed by atoms with van der Waals surface area (Å²) < 4.78 is 6.44. The van der Waals surface area contributed by atoms with Gasteiger partial charge < -0.3 is 10.1 Å². The fraction of sp³-hybridized carbons (Fsp3) is 0.185. The minimum absolute atomic E-state index is 0.145. The maximum Gasteiger partial charge on any atom is 0.312 e. The number of fused-ring (bicyclic) bond motifs is 1. The number of aryl methyl sites for hydroxylation is 1. The lowest BCUT2D eigenvalue weighted by molar-refractivity contribution is -0.148. The number of ether oxygens (including phenoxy) is 1. The second-order valence-corrected chi connectivity index (χ2v) is 7.98. The van der Waals surface area contributed by atoms with Crippen molar-refractivity contribution in [2.75, 3.05) is 6.61 Å². The number of benzene rings is 3. The largest absolute Gasteiger partial charge is 0.455 e. The molecule has 0 aliphatic rings. The number of aromatic nitrogens is 2. The van der Waals surface area contributed by atoms with Crippen molar-refractivity contribution in [3.05, 3.63) is 112 Å². The van der Waals surface area contributed by atoms with Gasteiger partial charge >= 0.3 is 5.97 Å². The first-order valence-electron chi connectivity index (χ1n) is 11.0. The van der Waals surface area contributed by atoms with E-state index in [0.717, 1.165) is 11.1 Å². The molecular formula is C27H25N3O4. The summed E-state index contributed by atoms with van der Waals surface area (Å²) in [6, 6.07) is 26.3. The molecule has 0 fully saturated rings. The predicted molar refractivity (Wildman–Crippen MR) is 129 cm³/mol. The lowest BCUT2D eigenvalue weighted by atomic mass is 9.99. The summed E-state index contributed by atoms with van der Waals surface area (Å²) in [4.78, 5) is 37.4. The minimum atomic E-state index is -0.592. The van der Waals surface area contributed by atoms with Gasteiger partial charge in [0.15, 0.2) is 6.61 Å². The molecule has 1 N–H and O–H groups in total. The van der Waals surface area contributed by atoms with E-state index in [1.165, 1.54) is 11.7 Å². The predicted octanol–water partition coefficient (Wildman–Crippen LogP) is 3.12. The van der Waals surface area contributed by atoms with E-state index in [9.17, 15) is 14.4 Å². The van der Waals surface area contributed by atoms with Crippen LogP contribution in [0.3, 0.4) is 0 Å². The van der Waals surface area contributed by atoms with Crippen molar-refractivity contribution in [3.8, 4) is 0 Å².